The van der Waals surface area contributed by atoms with Crippen LogP contribution in [0.25, 0.3) is 0 Å². The molecular formula is C21H24FN7O3. The molecule has 2 aliphatic heterocycles. The van der Waals surface area contributed by atoms with Gasteiger partial charge in [-0.2, -0.15) is 5.10 Å². The van der Waals surface area contributed by atoms with E-state index in [9.17, 15) is 14.0 Å². The molecule has 11 heteroatoms. The largest absolute Gasteiger partial charge is 0.444 e. The first-order chi connectivity index (χ1) is 15.2. The Morgan fingerprint density at radius 3 is 2.81 bits per heavy atom. The lowest BCUT2D eigenvalue weighted by molar-refractivity contribution is -0.117. The Kier molecular flexibility index (Phi) is 5.46. The molecule has 0 bridgehead atoms. The lowest BCUT2D eigenvalue weighted by Crippen LogP contribution is -2.48. The zero-order valence-electron chi connectivity index (χ0n) is 18.1. The number of ether oxygens (including phenoxy) is 1. The van der Waals surface area contributed by atoms with Gasteiger partial charge in [0.15, 0.2) is 11.6 Å². The molecule has 2 atom stereocenters. The highest BCUT2D eigenvalue weighted by molar-refractivity contribution is 5.97. The van der Waals surface area contributed by atoms with E-state index in [1.165, 1.54) is 11.2 Å². The second kappa shape index (κ2) is 8.11. The fraction of sp³-hybridized carbons (Fsp3) is 0.476. The topological polar surface area (TPSA) is 105 Å². The minimum Gasteiger partial charge on any atom is -0.444 e. The normalized spacial score (nSPS) is 20.7. The van der Waals surface area contributed by atoms with Crippen LogP contribution < -0.4 is 10.2 Å². The Hall–Kier alpha value is -3.68. The van der Waals surface area contributed by atoms with E-state index in [1.807, 2.05) is 0 Å². The van der Waals surface area contributed by atoms with Gasteiger partial charge in [-0.3, -0.25) is 14.4 Å². The molecular weight excluding hydrogens is 417 g/mol. The number of halogens is 1. The molecule has 4 heterocycles. The third kappa shape index (κ3) is 4.21. The van der Waals surface area contributed by atoms with Crippen LogP contribution in [0.5, 0.6) is 0 Å². The summed E-state index contributed by atoms with van der Waals surface area (Å²) in [6.07, 6.45) is 9.18. The van der Waals surface area contributed by atoms with E-state index in [0.717, 1.165) is 6.20 Å². The molecule has 168 valence electrons. The third-order valence-corrected chi connectivity index (χ3v) is 5.21. The highest BCUT2D eigenvalue weighted by Gasteiger charge is 2.38. The van der Waals surface area contributed by atoms with E-state index in [4.69, 9.17) is 11.2 Å². The number of carbonyl (C=O) groups is 2. The monoisotopic (exact) mass is 441 g/mol. The Labute approximate surface area is 184 Å². The summed E-state index contributed by atoms with van der Waals surface area (Å²) >= 11 is 0. The fourth-order valence-corrected chi connectivity index (χ4v) is 3.78. The van der Waals surface area contributed by atoms with Crippen LogP contribution in [0.4, 0.5) is 20.7 Å². The molecule has 32 heavy (non-hydrogen) atoms. The Morgan fingerprint density at radius 1 is 1.34 bits per heavy atom. The van der Waals surface area contributed by atoms with Gasteiger partial charge in [-0.15, -0.1) is 6.42 Å². The molecule has 2 aromatic heterocycles. The summed E-state index contributed by atoms with van der Waals surface area (Å²) in [5.74, 6) is 1.93. The number of amides is 2. The minimum absolute atomic E-state index is 0.0460. The quantitative estimate of drug-likeness (QED) is 0.724. The number of terminal acetylenes is 1. The molecule has 10 nitrogen and oxygen atoms in total. The summed E-state index contributed by atoms with van der Waals surface area (Å²) < 4.78 is 21.1. The SMILES string of the molecule is C#C[C@H]1Cn2ncc(N3CC(Nc4ncncc4F)CC3=O)c2CN1C(=O)OC(C)(C)C. The van der Waals surface area contributed by atoms with Crippen LogP contribution in [-0.2, 0) is 22.6 Å². The highest BCUT2D eigenvalue weighted by Crippen LogP contribution is 2.31. The molecule has 0 radical (unpaired) electrons. The van der Waals surface area contributed by atoms with E-state index >= 15 is 0 Å². The summed E-state index contributed by atoms with van der Waals surface area (Å²) in [5.41, 5.74) is 0.604. The molecule has 1 unspecified atom stereocenters. The van der Waals surface area contributed by atoms with Gasteiger partial charge >= 0.3 is 6.09 Å². The number of fused-ring (bicyclic) bond motifs is 1. The van der Waals surface area contributed by atoms with Gasteiger partial charge in [-0.1, -0.05) is 5.92 Å². The minimum atomic E-state index is -0.670. The Balaban J connectivity index is 1.54. The zero-order valence-corrected chi connectivity index (χ0v) is 18.1. The van der Waals surface area contributed by atoms with Gasteiger partial charge in [0.2, 0.25) is 5.91 Å². The van der Waals surface area contributed by atoms with Gasteiger partial charge in [-0.25, -0.2) is 19.2 Å². The van der Waals surface area contributed by atoms with Crippen LogP contribution in [0.1, 0.15) is 32.9 Å². The number of nitrogens with one attached hydrogen (secondary N) is 1. The first kappa shape index (κ1) is 21.5. The summed E-state index contributed by atoms with van der Waals surface area (Å²) in [6, 6.07) is -0.860. The predicted molar refractivity (Wildman–Crippen MR) is 113 cm³/mol. The first-order valence-electron chi connectivity index (χ1n) is 10.2. The summed E-state index contributed by atoms with van der Waals surface area (Å²) in [4.78, 5) is 36.0. The Bertz CT molecular complexity index is 1090. The van der Waals surface area contributed by atoms with Crippen molar-refractivity contribution in [3.8, 4) is 12.3 Å². The first-order valence-corrected chi connectivity index (χ1v) is 10.2. The van der Waals surface area contributed by atoms with E-state index in [-0.39, 0.29) is 30.7 Å². The van der Waals surface area contributed by atoms with Crippen molar-refractivity contribution in [1.29, 1.82) is 0 Å². The highest BCUT2D eigenvalue weighted by atomic mass is 19.1. The number of hydrogen-bond acceptors (Lipinski definition) is 7. The summed E-state index contributed by atoms with van der Waals surface area (Å²) in [7, 11) is 0. The van der Waals surface area contributed by atoms with Crippen molar-refractivity contribution in [3.63, 3.8) is 0 Å². The molecule has 4 rings (SSSR count). The average molecular weight is 441 g/mol. The number of nitrogens with zero attached hydrogens (tertiary/aromatic N) is 6. The van der Waals surface area contributed by atoms with Crippen LogP contribution in [0.2, 0.25) is 0 Å². The van der Waals surface area contributed by atoms with Gasteiger partial charge in [0.05, 0.1) is 42.9 Å². The van der Waals surface area contributed by atoms with E-state index in [2.05, 4.69) is 26.3 Å². The number of carbonyl (C=O) groups excluding carboxylic acids is 2. The zero-order chi connectivity index (χ0) is 23.0. The smallest absolute Gasteiger partial charge is 0.411 e. The molecule has 1 fully saturated rings. The van der Waals surface area contributed by atoms with Gasteiger partial charge < -0.3 is 15.0 Å². The van der Waals surface area contributed by atoms with Crippen LogP contribution in [0, 0.1) is 18.2 Å². The summed E-state index contributed by atoms with van der Waals surface area (Å²) in [6.45, 7) is 6.10. The van der Waals surface area contributed by atoms with Crippen molar-refractivity contribution in [2.24, 2.45) is 0 Å². The Morgan fingerprint density at radius 2 is 2.12 bits per heavy atom. The van der Waals surface area contributed by atoms with E-state index in [0.29, 0.717) is 24.5 Å². The maximum atomic E-state index is 13.9. The predicted octanol–water partition coefficient (Wildman–Crippen LogP) is 1.78. The van der Waals surface area contributed by atoms with Crippen molar-refractivity contribution >= 4 is 23.5 Å². The number of hydrogen-bond donors (Lipinski definition) is 1. The maximum absolute atomic E-state index is 13.9. The molecule has 2 aliphatic rings. The molecule has 0 aromatic carbocycles. The van der Waals surface area contributed by atoms with Crippen LogP contribution in [-0.4, -0.2) is 60.9 Å². The lowest BCUT2D eigenvalue weighted by Gasteiger charge is -2.35. The van der Waals surface area contributed by atoms with Crippen molar-refractivity contribution in [1.82, 2.24) is 24.6 Å². The standard InChI is InChI=1S/C21H24FN7O3/c1-5-14-10-29-17(11-27(14)20(31)32-21(2,3)4)16(8-25-29)28-9-13(6-18(28)30)26-19-15(22)7-23-12-24-19/h1,7-8,12-14H,6,9-11H2,2-4H3,(H,23,24,26)/t13?,14-/m0/s1. The van der Waals surface area contributed by atoms with Gasteiger partial charge in [0.25, 0.3) is 0 Å². The van der Waals surface area contributed by atoms with E-state index in [1.54, 1.807) is 36.5 Å². The third-order valence-electron chi connectivity index (χ3n) is 5.21. The van der Waals surface area contributed by atoms with Crippen molar-refractivity contribution < 1.29 is 18.7 Å². The lowest BCUT2D eigenvalue weighted by atomic mass is 10.1. The molecule has 1 saturated heterocycles. The van der Waals surface area contributed by atoms with Gasteiger partial charge in [0.1, 0.15) is 18.0 Å². The van der Waals surface area contributed by atoms with Crippen LogP contribution >= 0.6 is 0 Å². The van der Waals surface area contributed by atoms with Crippen molar-refractivity contribution in [3.05, 3.63) is 30.2 Å². The number of rotatable bonds is 3. The second-order valence-electron chi connectivity index (χ2n) is 8.72. The average Bonchev–Trinajstić information content (AvgIpc) is 3.29. The summed E-state index contributed by atoms with van der Waals surface area (Å²) in [5, 5.41) is 7.33. The fourth-order valence-electron chi connectivity index (χ4n) is 3.78. The second-order valence-corrected chi connectivity index (χ2v) is 8.72. The molecule has 0 spiro atoms. The number of anilines is 2. The molecule has 2 amide bonds. The molecule has 0 saturated carbocycles. The number of aromatic nitrogens is 4. The van der Waals surface area contributed by atoms with Gasteiger partial charge in [0, 0.05) is 13.0 Å². The van der Waals surface area contributed by atoms with Crippen molar-refractivity contribution in [2.75, 3.05) is 16.8 Å². The molecule has 1 N–H and O–H groups in total. The molecule has 2 aromatic rings. The molecule has 0 aliphatic carbocycles. The van der Waals surface area contributed by atoms with Gasteiger partial charge in [-0.05, 0) is 20.8 Å². The van der Waals surface area contributed by atoms with Crippen molar-refractivity contribution in [2.45, 2.75) is 58.0 Å². The van der Waals surface area contributed by atoms with Crippen LogP contribution in [0.3, 0.4) is 0 Å². The van der Waals surface area contributed by atoms with Crippen LogP contribution in [0.15, 0.2) is 18.7 Å². The maximum Gasteiger partial charge on any atom is 0.411 e. The van der Waals surface area contributed by atoms with E-state index < -0.39 is 23.6 Å².